The standard InChI is InChI=1S/C16H24N4O3/c1-17-15(21)11-18-16(22)12-19-6-8-20(9-7-19)13-4-3-5-14(10-13)23-2/h3-5,10H,6-9,11-12H2,1-2H3,(H,17,21)(H,18,22)/p+1. The fourth-order valence-corrected chi connectivity index (χ4v) is 2.62. The number of quaternary nitrogens is 1. The number of anilines is 1. The summed E-state index contributed by atoms with van der Waals surface area (Å²) in [4.78, 5) is 26.5. The Morgan fingerprint density at radius 3 is 2.65 bits per heavy atom. The van der Waals surface area contributed by atoms with Crippen molar-refractivity contribution in [2.45, 2.75) is 0 Å². The van der Waals surface area contributed by atoms with E-state index in [-0.39, 0.29) is 18.4 Å². The molecule has 7 heteroatoms. The molecule has 1 saturated heterocycles. The molecule has 0 radical (unpaired) electrons. The molecule has 7 nitrogen and oxygen atoms in total. The number of hydrogen-bond acceptors (Lipinski definition) is 4. The number of nitrogens with one attached hydrogen (secondary N) is 3. The monoisotopic (exact) mass is 321 g/mol. The zero-order valence-corrected chi connectivity index (χ0v) is 13.7. The molecule has 1 aromatic rings. The predicted molar refractivity (Wildman–Crippen MR) is 87.8 cm³/mol. The van der Waals surface area contributed by atoms with E-state index in [0.717, 1.165) is 37.6 Å². The van der Waals surface area contributed by atoms with Crippen LogP contribution in [0.15, 0.2) is 24.3 Å². The van der Waals surface area contributed by atoms with E-state index in [4.69, 9.17) is 4.74 Å². The van der Waals surface area contributed by atoms with Crippen LogP contribution in [0.5, 0.6) is 5.75 Å². The average Bonchev–Trinajstić information content (AvgIpc) is 2.60. The number of hydrogen-bond donors (Lipinski definition) is 3. The van der Waals surface area contributed by atoms with Crippen molar-refractivity contribution < 1.29 is 19.2 Å². The normalized spacial score (nSPS) is 15.1. The van der Waals surface area contributed by atoms with Crippen LogP contribution < -0.4 is 25.2 Å². The number of nitrogens with zero attached hydrogens (tertiary/aromatic N) is 1. The number of likely N-dealkylation sites (N-methyl/N-ethyl adjacent to an activating group) is 1. The van der Waals surface area contributed by atoms with E-state index in [2.05, 4.69) is 21.6 Å². The minimum absolute atomic E-state index is 0.0402. The van der Waals surface area contributed by atoms with Crippen LogP contribution >= 0.6 is 0 Å². The first kappa shape index (κ1) is 17.1. The summed E-state index contributed by atoms with van der Waals surface area (Å²) >= 11 is 0. The van der Waals surface area contributed by atoms with Gasteiger partial charge in [-0.25, -0.2) is 0 Å². The number of benzene rings is 1. The summed E-state index contributed by atoms with van der Waals surface area (Å²) in [5.74, 6) is 0.584. The number of rotatable bonds is 6. The molecule has 2 amide bonds. The highest BCUT2D eigenvalue weighted by Crippen LogP contribution is 2.20. The van der Waals surface area contributed by atoms with Crippen LogP contribution in [-0.2, 0) is 9.59 Å². The lowest BCUT2D eigenvalue weighted by atomic mass is 10.2. The zero-order valence-electron chi connectivity index (χ0n) is 13.7. The molecule has 0 saturated carbocycles. The molecule has 0 aromatic heterocycles. The maximum absolute atomic E-state index is 11.8. The first-order chi connectivity index (χ1) is 11.1. The fraction of sp³-hybridized carbons (Fsp3) is 0.500. The van der Waals surface area contributed by atoms with Gasteiger partial charge in [-0.05, 0) is 12.1 Å². The maximum Gasteiger partial charge on any atom is 0.275 e. The van der Waals surface area contributed by atoms with Gasteiger partial charge in [0.05, 0.1) is 39.8 Å². The third-order valence-corrected chi connectivity index (χ3v) is 4.02. The van der Waals surface area contributed by atoms with E-state index in [9.17, 15) is 9.59 Å². The third kappa shape index (κ3) is 5.14. The second-order valence-corrected chi connectivity index (χ2v) is 5.57. The summed E-state index contributed by atoms with van der Waals surface area (Å²) in [7, 11) is 3.22. The number of amides is 2. The van der Waals surface area contributed by atoms with Crippen LogP contribution in [0.2, 0.25) is 0 Å². The van der Waals surface area contributed by atoms with Gasteiger partial charge in [-0.1, -0.05) is 6.07 Å². The average molecular weight is 321 g/mol. The first-order valence-corrected chi connectivity index (χ1v) is 7.82. The lowest BCUT2D eigenvalue weighted by Gasteiger charge is -2.33. The molecule has 0 atom stereocenters. The summed E-state index contributed by atoms with van der Waals surface area (Å²) in [5.41, 5.74) is 1.15. The van der Waals surface area contributed by atoms with E-state index in [1.165, 1.54) is 4.90 Å². The topological polar surface area (TPSA) is 75.1 Å². The fourth-order valence-electron chi connectivity index (χ4n) is 2.62. The Balaban J connectivity index is 1.77. The lowest BCUT2D eigenvalue weighted by Crippen LogP contribution is -3.16. The molecule has 2 rings (SSSR count). The summed E-state index contributed by atoms with van der Waals surface area (Å²) in [6.07, 6.45) is 0. The Morgan fingerprint density at radius 1 is 1.26 bits per heavy atom. The number of ether oxygens (including phenoxy) is 1. The Kier molecular flexibility index (Phi) is 6.22. The Morgan fingerprint density at radius 2 is 2.00 bits per heavy atom. The quantitative estimate of drug-likeness (QED) is 0.582. The van der Waals surface area contributed by atoms with Gasteiger partial charge in [0.15, 0.2) is 6.54 Å². The van der Waals surface area contributed by atoms with Crippen molar-refractivity contribution in [3.05, 3.63) is 24.3 Å². The van der Waals surface area contributed by atoms with Crippen molar-refractivity contribution in [1.29, 1.82) is 0 Å². The van der Waals surface area contributed by atoms with E-state index < -0.39 is 0 Å². The van der Waals surface area contributed by atoms with Gasteiger partial charge < -0.3 is 25.2 Å². The van der Waals surface area contributed by atoms with Crippen LogP contribution in [0, 0.1) is 0 Å². The van der Waals surface area contributed by atoms with Gasteiger partial charge in [0, 0.05) is 18.8 Å². The second-order valence-electron chi connectivity index (χ2n) is 5.57. The number of methoxy groups -OCH3 is 1. The second kappa shape index (κ2) is 8.38. The van der Waals surface area contributed by atoms with Crippen LogP contribution in [0.1, 0.15) is 0 Å². The van der Waals surface area contributed by atoms with Gasteiger partial charge in [0.25, 0.3) is 5.91 Å². The highest BCUT2D eigenvalue weighted by Gasteiger charge is 2.22. The molecule has 0 unspecified atom stereocenters. The molecule has 126 valence electrons. The highest BCUT2D eigenvalue weighted by atomic mass is 16.5. The van der Waals surface area contributed by atoms with Crippen molar-refractivity contribution >= 4 is 17.5 Å². The molecule has 1 fully saturated rings. The summed E-state index contributed by atoms with van der Waals surface area (Å²) in [6, 6.07) is 8.02. The molecular formula is C16H25N4O3+. The van der Waals surface area contributed by atoms with Crippen LogP contribution in [0.3, 0.4) is 0 Å². The molecule has 1 aliphatic rings. The van der Waals surface area contributed by atoms with Crippen molar-refractivity contribution in [3.8, 4) is 5.75 Å². The van der Waals surface area contributed by atoms with Gasteiger partial charge in [-0.15, -0.1) is 0 Å². The minimum atomic E-state index is -0.184. The van der Waals surface area contributed by atoms with Crippen molar-refractivity contribution in [2.24, 2.45) is 0 Å². The molecule has 3 N–H and O–H groups in total. The summed E-state index contributed by atoms with van der Waals surface area (Å²) in [5, 5.41) is 5.12. The highest BCUT2D eigenvalue weighted by molar-refractivity contribution is 5.84. The molecule has 0 bridgehead atoms. The molecule has 1 aromatic carbocycles. The Bertz CT molecular complexity index is 542. The molecule has 23 heavy (non-hydrogen) atoms. The Hall–Kier alpha value is -2.28. The summed E-state index contributed by atoms with van der Waals surface area (Å²) < 4.78 is 5.26. The number of carbonyl (C=O) groups is 2. The maximum atomic E-state index is 11.8. The van der Waals surface area contributed by atoms with Gasteiger partial charge >= 0.3 is 0 Å². The van der Waals surface area contributed by atoms with E-state index in [1.807, 2.05) is 18.2 Å². The first-order valence-electron chi connectivity index (χ1n) is 7.82. The summed E-state index contributed by atoms with van der Waals surface area (Å²) in [6.45, 7) is 4.02. The van der Waals surface area contributed by atoms with E-state index >= 15 is 0 Å². The van der Waals surface area contributed by atoms with Gasteiger partial charge in [-0.2, -0.15) is 0 Å². The van der Waals surface area contributed by atoms with Crippen LogP contribution in [-0.4, -0.2) is 65.2 Å². The molecule has 1 aliphatic heterocycles. The lowest BCUT2D eigenvalue weighted by molar-refractivity contribution is -0.892. The molecule has 0 spiro atoms. The van der Waals surface area contributed by atoms with Crippen molar-refractivity contribution in [1.82, 2.24) is 10.6 Å². The molecule has 1 heterocycles. The van der Waals surface area contributed by atoms with Crippen molar-refractivity contribution in [2.75, 3.05) is 58.3 Å². The van der Waals surface area contributed by atoms with E-state index in [1.54, 1.807) is 14.2 Å². The third-order valence-electron chi connectivity index (χ3n) is 4.02. The van der Waals surface area contributed by atoms with Crippen LogP contribution in [0.4, 0.5) is 5.69 Å². The van der Waals surface area contributed by atoms with E-state index in [0.29, 0.717) is 6.54 Å². The largest absolute Gasteiger partial charge is 0.497 e. The minimum Gasteiger partial charge on any atom is -0.497 e. The van der Waals surface area contributed by atoms with Gasteiger partial charge in [0.2, 0.25) is 5.91 Å². The molecular weight excluding hydrogens is 296 g/mol. The van der Waals surface area contributed by atoms with Gasteiger partial charge in [-0.3, -0.25) is 9.59 Å². The zero-order chi connectivity index (χ0) is 16.7. The predicted octanol–water partition coefficient (Wildman–Crippen LogP) is -1.74. The number of carbonyl (C=O) groups excluding carboxylic acids is 2. The van der Waals surface area contributed by atoms with Gasteiger partial charge in [0.1, 0.15) is 5.75 Å². The smallest absolute Gasteiger partial charge is 0.275 e. The van der Waals surface area contributed by atoms with Crippen molar-refractivity contribution in [3.63, 3.8) is 0 Å². The SMILES string of the molecule is CNC(=O)CNC(=O)C[NH+]1CCN(c2cccc(OC)c2)CC1. The molecule has 0 aliphatic carbocycles. The number of piperazine rings is 1. The van der Waals surface area contributed by atoms with Crippen LogP contribution in [0.25, 0.3) is 0 Å². The Labute approximate surface area is 136 Å².